The van der Waals surface area contributed by atoms with Crippen molar-refractivity contribution in [1.29, 1.82) is 0 Å². The predicted octanol–water partition coefficient (Wildman–Crippen LogP) is 4.59. The Bertz CT molecular complexity index is 1340. The maximum absolute atomic E-state index is 13.5. The lowest BCUT2D eigenvalue weighted by Gasteiger charge is -2.40. The third kappa shape index (κ3) is 5.61. The summed E-state index contributed by atoms with van der Waals surface area (Å²) in [6.07, 6.45) is -5.12. The van der Waals surface area contributed by atoms with E-state index in [1.54, 1.807) is 23.1 Å². The Morgan fingerprint density at radius 2 is 1.75 bits per heavy atom. The second-order valence-electron chi connectivity index (χ2n) is 10.5. The number of hydrogen-bond acceptors (Lipinski definition) is 4. The Hall–Kier alpha value is -4.09. The van der Waals surface area contributed by atoms with E-state index in [2.05, 4.69) is 15.6 Å². The van der Waals surface area contributed by atoms with Crippen LogP contribution in [0, 0.1) is 5.92 Å². The zero-order valence-corrected chi connectivity index (χ0v) is 22.2. The fourth-order valence-electron chi connectivity index (χ4n) is 5.46. The minimum Gasteiger partial charge on any atom is -0.325 e. The summed E-state index contributed by atoms with van der Waals surface area (Å²) < 4.78 is 40.6. The van der Waals surface area contributed by atoms with E-state index in [0.29, 0.717) is 48.7 Å². The smallest absolute Gasteiger partial charge is 0.325 e. The van der Waals surface area contributed by atoms with Crippen LogP contribution in [0.2, 0.25) is 0 Å². The van der Waals surface area contributed by atoms with Crippen LogP contribution in [0.25, 0.3) is 0 Å². The lowest BCUT2D eigenvalue weighted by atomic mass is 9.98. The van der Waals surface area contributed by atoms with Crippen LogP contribution in [0.5, 0.6) is 0 Å². The molecule has 9 nitrogen and oxygen atoms in total. The Labute approximate surface area is 230 Å². The van der Waals surface area contributed by atoms with Gasteiger partial charge in [-0.3, -0.25) is 14.7 Å². The van der Waals surface area contributed by atoms with Gasteiger partial charge in [0.2, 0.25) is 6.17 Å². The van der Waals surface area contributed by atoms with Gasteiger partial charge in [0, 0.05) is 42.6 Å². The van der Waals surface area contributed by atoms with Crippen LogP contribution < -0.4 is 15.5 Å². The SMILES string of the molecule is CC(C)C1=N[C@@H](NC(=O)N2CCC(N3Cc4ccccc4NC3=O)CC2)C(=O)N(CC(F)(F)F)c2ccccc21. The molecule has 1 fully saturated rings. The quantitative estimate of drug-likeness (QED) is 0.577. The highest BCUT2D eigenvalue weighted by molar-refractivity contribution is 6.13. The largest absolute Gasteiger partial charge is 0.406 e. The van der Waals surface area contributed by atoms with Gasteiger partial charge in [0.05, 0.1) is 5.69 Å². The van der Waals surface area contributed by atoms with Crippen LogP contribution in [0.1, 0.15) is 37.8 Å². The summed E-state index contributed by atoms with van der Waals surface area (Å²) in [6.45, 7) is 3.27. The van der Waals surface area contributed by atoms with Crippen molar-refractivity contribution in [3.63, 3.8) is 0 Å². The molecule has 3 aliphatic heterocycles. The zero-order chi connectivity index (χ0) is 28.6. The van der Waals surface area contributed by atoms with E-state index in [4.69, 9.17) is 0 Å². The number of piperidine rings is 1. The molecule has 0 spiro atoms. The van der Waals surface area contributed by atoms with Gasteiger partial charge in [0.1, 0.15) is 6.54 Å². The summed E-state index contributed by atoms with van der Waals surface area (Å²) in [5.74, 6) is -1.16. The van der Waals surface area contributed by atoms with E-state index in [1.807, 2.05) is 38.1 Å². The standard InChI is InChI=1S/C28H31F3N6O3/c1-17(2)23-20-8-4-6-10-22(20)37(16-28(29,30)31)25(38)24(33-23)34-26(39)35-13-11-19(12-14-35)36-15-18-7-3-5-9-21(18)32-27(36)40/h3-10,17,19,24H,11-16H2,1-2H3,(H,32,40)(H,34,39)/t24-/m0/s1. The van der Waals surface area contributed by atoms with Crippen LogP contribution in [0.4, 0.5) is 34.1 Å². The molecule has 0 bridgehead atoms. The van der Waals surface area contributed by atoms with Crippen molar-refractivity contribution in [3.8, 4) is 0 Å². The van der Waals surface area contributed by atoms with Crippen molar-refractivity contribution >= 4 is 35.1 Å². The lowest BCUT2D eigenvalue weighted by Crippen LogP contribution is -2.56. The number of alkyl halides is 3. The number of carbonyl (C=O) groups is 3. The second-order valence-corrected chi connectivity index (χ2v) is 10.5. The summed E-state index contributed by atoms with van der Waals surface area (Å²) in [6, 6.07) is 13.1. The number of para-hydroxylation sites is 2. The van der Waals surface area contributed by atoms with Gasteiger partial charge < -0.3 is 20.4 Å². The monoisotopic (exact) mass is 556 g/mol. The molecule has 5 rings (SSSR count). The first-order valence-electron chi connectivity index (χ1n) is 13.3. The van der Waals surface area contributed by atoms with Crippen molar-refractivity contribution < 1.29 is 27.6 Å². The van der Waals surface area contributed by atoms with E-state index < -0.39 is 30.8 Å². The van der Waals surface area contributed by atoms with Crippen molar-refractivity contribution in [2.45, 2.75) is 51.6 Å². The van der Waals surface area contributed by atoms with E-state index >= 15 is 0 Å². The van der Waals surface area contributed by atoms with Crippen LogP contribution in [0.3, 0.4) is 0 Å². The normalized spacial score (nSPS) is 20.0. The molecular formula is C28H31F3N6O3. The summed E-state index contributed by atoms with van der Waals surface area (Å²) in [5.41, 5.74) is 2.77. The molecule has 2 aromatic carbocycles. The van der Waals surface area contributed by atoms with Crippen molar-refractivity contribution in [3.05, 3.63) is 59.7 Å². The van der Waals surface area contributed by atoms with Gasteiger partial charge in [0.25, 0.3) is 5.91 Å². The highest BCUT2D eigenvalue weighted by atomic mass is 19.4. The number of aliphatic imine (C=N–C) groups is 1. The average Bonchev–Trinajstić information content (AvgIpc) is 3.03. The highest BCUT2D eigenvalue weighted by Gasteiger charge is 2.41. The number of urea groups is 2. The Morgan fingerprint density at radius 1 is 1.07 bits per heavy atom. The Balaban J connectivity index is 1.30. The third-order valence-electron chi connectivity index (χ3n) is 7.44. The fourth-order valence-corrected chi connectivity index (χ4v) is 5.46. The topological polar surface area (TPSA) is 97.4 Å². The Kier molecular flexibility index (Phi) is 7.43. The second kappa shape index (κ2) is 10.8. The summed E-state index contributed by atoms with van der Waals surface area (Å²) >= 11 is 0. The minimum atomic E-state index is -4.65. The molecule has 1 atom stereocenters. The molecule has 0 saturated carbocycles. The van der Waals surface area contributed by atoms with E-state index in [9.17, 15) is 27.6 Å². The van der Waals surface area contributed by atoms with Gasteiger partial charge in [0.15, 0.2) is 0 Å². The average molecular weight is 557 g/mol. The number of rotatable bonds is 4. The fraction of sp³-hybridized carbons (Fsp3) is 0.429. The molecule has 0 radical (unpaired) electrons. The molecule has 2 aromatic rings. The first-order chi connectivity index (χ1) is 19.0. The first-order valence-corrected chi connectivity index (χ1v) is 13.3. The van der Waals surface area contributed by atoms with Crippen molar-refractivity contribution in [2.75, 3.05) is 29.9 Å². The van der Waals surface area contributed by atoms with Crippen molar-refractivity contribution in [1.82, 2.24) is 15.1 Å². The van der Waals surface area contributed by atoms with Crippen molar-refractivity contribution in [2.24, 2.45) is 10.9 Å². The zero-order valence-electron chi connectivity index (χ0n) is 22.2. The number of likely N-dealkylation sites (tertiary alicyclic amines) is 1. The van der Waals surface area contributed by atoms with Crippen LogP contribution >= 0.6 is 0 Å². The number of amides is 5. The maximum Gasteiger partial charge on any atom is 0.406 e. The van der Waals surface area contributed by atoms with Crippen LogP contribution in [-0.2, 0) is 11.3 Å². The Morgan fingerprint density at radius 3 is 2.45 bits per heavy atom. The maximum atomic E-state index is 13.5. The van der Waals surface area contributed by atoms with Gasteiger partial charge in [-0.1, -0.05) is 50.2 Å². The number of fused-ring (bicyclic) bond motifs is 2. The molecule has 3 heterocycles. The number of benzodiazepines with no additional fused rings is 1. The van der Waals surface area contributed by atoms with Crippen LogP contribution in [0.15, 0.2) is 53.5 Å². The molecule has 5 amide bonds. The van der Waals surface area contributed by atoms with Gasteiger partial charge in [-0.05, 0) is 36.5 Å². The van der Waals surface area contributed by atoms with E-state index in [1.165, 1.54) is 11.0 Å². The highest BCUT2D eigenvalue weighted by Crippen LogP contribution is 2.31. The number of anilines is 2. The number of halogens is 3. The van der Waals surface area contributed by atoms with E-state index in [0.717, 1.165) is 11.3 Å². The van der Waals surface area contributed by atoms with Crippen LogP contribution in [-0.4, -0.2) is 71.5 Å². The number of hydrogen-bond donors (Lipinski definition) is 2. The predicted molar refractivity (Wildman–Crippen MR) is 144 cm³/mol. The molecule has 212 valence electrons. The summed E-state index contributed by atoms with van der Waals surface area (Å²) in [4.78, 5) is 47.7. The van der Waals surface area contributed by atoms with E-state index in [-0.39, 0.29) is 23.7 Å². The molecule has 1 saturated heterocycles. The number of benzene rings is 2. The number of carbonyl (C=O) groups excluding carboxylic acids is 3. The summed E-state index contributed by atoms with van der Waals surface area (Å²) in [7, 11) is 0. The summed E-state index contributed by atoms with van der Waals surface area (Å²) in [5, 5.41) is 5.48. The molecule has 0 unspecified atom stereocenters. The molecular weight excluding hydrogens is 525 g/mol. The third-order valence-corrected chi connectivity index (χ3v) is 7.44. The molecule has 0 aromatic heterocycles. The van der Waals surface area contributed by atoms with Gasteiger partial charge in [-0.25, -0.2) is 9.59 Å². The molecule has 3 aliphatic rings. The van der Waals surface area contributed by atoms with Gasteiger partial charge in [-0.2, -0.15) is 13.2 Å². The first kappa shape index (κ1) is 27.5. The molecule has 12 heteroatoms. The lowest BCUT2D eigenvalue weighted by molar-refractivity contribution is -0.133. The molecule has 40 heavy (non-hydrogen) atoms. The molecule has 0 aliphatic carbocycles. The minimum absolute atomic E-state index is 0.0840. The molecule has 2 N–H and O–H groups in total. The van der Waals surface area contributed by atoms with Gasteiger partial charge >= 0.3 is 18.2 Å². The van der Waals surface area contributed by atoms with Gasteiger partial charge in [-0.15, -0.1) is 0 Å². The number of nitrogens with one attached hydrogen (secondary N) is 2. The number of nitrogens with zero attached hydrogens (tertiary/aromatic N) is 4.